The van der Waals surface area contributed by atoms with Crippen LogP contribution in [0.1, 0.15) is 36.3 Å². The van der Waals surface area contributed by atoms with E-state index in [1.165, 1.54) is 11.1 Å². The first-order chi connectivity index (χ1) is 9.72. The van der Waals surface area contributed by atoms with Gasteiger partial charge in [-0.1, -0.05) is 60.7 Å². The maximum atomic E-state index is 10.9. The van der Waals surface area contributed by atoms with Crippen LogP contribution in [-0.4, -0.2) is 11.1 Å². The van der Waals surface area contributed by atoms with Crippen molar-refractivity contribution >= 4 is 5.97 Å². The molecular formula is C18H18O2. The molecule has 0 spiro atoms. The Morgan fingerprint density at radius 2 is 1.65 bits per heavy atom. The monoisotopic (exact) mass is 266 g/mol. The molecule has 2 heteroatoms. The highest BCUT2D eigenvalue weighted by Gasteiger charge is 2.55. The minimum Gasteiger partial charge on any atom is -0.481 e. The maximum Gasteiger partial charge on any atom is 0.303 e. The lowest BCUT2D eigenvalue weighted by Crippen LogP contribution is -2.12. The van der Waals surface area contributed by atoms with Crippen molar-refractivity contribution in [3.05, 3.63) is 71.8 Å². The predicted octanol–water partition coefficient (Wildman–Crippen LogP) is 3.98. The zero-order chi connectivity index (χ0) is 14.0. The minimum absolute atomic E-state index is 0.0149. The molecule has 2 nitrogen and oxygen atoms in total. The molecule has 0 bridgehead atoms. The van der Waals surface area contributed by atoms with Gasteiger partial charge in [0, 0.05) is 11.8 Å². The Morgan fingerprint density at radius 1 is 1.05 bits per heavy atom. The lowest BCUT2D eigenvalue weighted by atomic mass is 9.86. The third kappa shape index (κ3) is 2.34. The van der Waals surface area contributed by atoms with Gasteiger partial charge in [-0.25, -0.2) is 0 Å². The van der Waals surface area contributed by atoms with Gasteiger partial charge in [0.25, 0.3) is 0 Å². The molecule has 1 N–H and O–H groups in total. The molecule has 2 aromatic carbocycles. The van der Waals surface area contributed by atoms with Crippen LogP contribution in [0.25, 0.3) is 0 Å². The summed E-state index contributed by atoms with van der Waals surface area (Å²) in [7, 11) is 0. The van der Waals surface area contributed by atoms with Crippen molar-refractivity contribution in [3.63, 3.8) is 0 Å². The van der Waals surface area contributed by atoms with Crippen molar-refractivity contribution in [2.45, 2.75) is 30.6 Å². The summed E-state index contributed by atoms with van der Waals surface area (Å²) in [4.78, 5) is 10.9. The quantitative estimate of drug-likeness (QED) is 0.888. The average Bonchev–Trinajstić information content (AvgIpc) is 3.23. The number of aliphatic carboxylic acids is 1. The van der Waals surface area contributed by atoms with Crippen LogP contribution in [0.4, 0.5) is 0 Å². The van der Waals surface area contributed by atoms with E-state index in [2.05, 4.69) is 36.4 Å². The smallest absolute Gasteiger partial charge is 0.303 e. The number of hydrogen-bond donors (Lipinski definition) is 1. The molecule has 0 amide bonds. The first-order valence-electron chi connectivity index (χ1n) is 7.05. The van der Waals surface area contributed by atoms with E-state index in [4.69, 9.17) is 5.11 Å². The van der Waals surface area contributed by atoms with Crippen LogP contribution in [0.5, 0.6) is 0 Å². The van der Waals surface area contributed by atoms with Crippen molar-refractivity contribution in [2.24, 2.45) is 0 Å². The van der Waals surface area contributed by atoms with E-state index >= 15 is 0 Å². The lowest BCUT2D eigenvalue weighted by molar-refractivity contribution is -0.137. The van der Waals surface area contributed by atoms with Crippen LogP contribution in [0, 0.1) is 0 Å². The van der Waals surface area contributed by atoms with Gasteiger partial charge in [0.15, 0.2) is 0 Å². The second-order valence-corrected chi connectivity index (χ2v) is 5.58. The lowest BCUT2D eigenvalue weighted by Gasteiger charge is -2.17. The summed E-state index contributed by atoms with van der Waals surface area (Å²) in [5, 5.41) is 9.01. The zero-order valence-corrected chi connectivity index (χ0v) is 11.3. The SMILES string of the molecule is O=C(O)CC[C@@]1(c2ccccc2)CC1c1ccccc1. The van der Waals surface area contributed by atoms with E-state index in [0.29, 0.717) is 12.3 Å². The molecule has 1 saturated carbocycles. The fraction of sp³-hybridized carbons (Fsp3) is 0.278. The van der Waals surface area contributed by atoms with E-state index in [0.717, 1.165) is 6.42 Å². The summed E-state index contributed by atoms with van der Waals surface area (Å²) < 4.78 is 0. The first-order valence-corrected chi connectivity index (χ1v) is 7.05. The minimum atomic E-state index is -0.709. The van der Waals surface area contributed by atoms with Gasteiger partial charge in [-0.2, -0.15) is 0 Å². The van der Waals surface area contributed by atoms with E-state index in [-0.39, 0.29) is 11.8 Å². The van der Waals surface area contributed by atoms with E-state index in [1.807, 2.05) is 24.3 Å². The summed E-state index contributed by atoms with van der Waals surface area (Å²) in [6.45, 7) is 0. The molecule has 1 aliphatic rings. The average molecular weight is 266 g/mol. The molecule has 20 heavy (non-hydrogen) atoms. The highest BCUT2D eigenvalue weighted by atomic mass is 16.4. The van der Waals surface area contributed by atoms with Crippen LogP contribution >= 0.6 is 0 Å². The largest absolute Gasteiger partial charge is 0.481 e. The fourth-order valence-electron chi connectivity index (χ4n) is 3.27. The van der Waals surface area contributed by atoms with E-state index in [1.54, 1.807) is 0 Å². The third-order valence-electron chi connectivity index (χ3n) is 4.41. The van der Waals surface area contributed by atoms with Gasteiger partial charge in [-0.05, 0) is 29.9 Å². The number of rotatable bonds is 5. The molecule has 0 heterocycles. The Morgan fingerprint density at radius 3 is 2.25 bits per heavy atom. The first kappa shape index (κ1) is 12.9. The molecule has 0 aromatic heterocycles. The molecule has 0 aliphatic heterocycles. The highest BCUT2D eigenvalue weighted by molar-refractivity contribution is 5.67. The molecule has 1 fully saturated rings. The van der Waals surface area contributed by atoms with Crippen LogP contribution in [0.3, 0.4) is 0 Å². The van der Waals surface area contributed by atoms with Crippen molar-refractivity contribution in [1.82, 2.24) is 0 Å². The summed E-state index contributed by atoms with van der Waals surface area (Å²) in [6.07, 6.45) is 2.00. The Labute approximate surface area is 119 Å². The Balaban J connectivity index is 1.90. The molecule has 1 aliphatic carbocycles. The Bertz CT molecular complexity index is 591. The van der Waals surface area contributed by atoms with Crippen molar-refractivity contribution < 1.29 is 9.90 Å². The van der Waals surface area contributed by atoms with E-state index < -0.39 is 5.97 Å². The van der Waals surface area contributed by atoms with Gasteiger partial charge >= 0.3 is 5.97 Å². The molecule has 0 radical (unpaired) electrons. The zero-order valence-electron chi connectivity index (χ0n) is 11.3. The second-order valence-electron chi connectivity index (χ2n) is 5.58. The summed E-state index contributed by atoms with van der Waals surface area (Å²) in [5.74, 6) is -0.260. The summed E-state index contributed by atoms with van der Waals surface area (Å²) in [5.41, 5.74) is 2.61. The van der Waals surface area contributed by atoms with Crippen LogP contribution in [0.15, 0.2) is 60.7 Å². The molecule has 1 unspecified atom stereocenters. The molecule has 3 rings (SSSR count). The van der Waals surface area contributed by atoms with E-state index in [9.17, 15) is 4.79 Å². The molecule has 2 aromatic rings. The number of benzene rings is 2. The number of hydrogen-bond acceptors (Lipinski definition) is 1. The highest BCUT2D eigenvalue weighted by Crippen LogP contribution is 2.62. The standard InChI is InChI=1S/C18H18O2/c19-17(20)11-12-18(15-9-5-2-6-10-15)13-16(18)14-7-3-1-4-8-14/h1-10,16H,11-13H2,(H,19,20)/t16?,18-/m0/s1. The molecule has 2 atom stereocenters. The van der Waals surface area contributed by atoms with Gasteiger partial charge in [-0.3, -0.25) is 4.79 Å². The van der Waals surface area contributed by atoms with Gasteiger partial charge in [0.05, 0.1) is 0 Å². The van der Waals surface area contributed by atoms with Crippen molar-refractivity contribution in [2.75, 3.05) is 0 Å². The molecule has 0 saturated heterocycles. The normalized spacial score (nSPS) is 24.3. The van der Waals surface area contributed by atoms with Crippen LogP contribution < -0.4 is 0 Å². The van der Waals surface area contributed by atoms with Gasteiger partial charge in [0.1, 0.15) is 0 Å². The van der Waals surface area contributed by atoms with Crippen LogP contribution in [0.2, 0.25) is 0 Å². The number of carboxylic acids is 1. The fourth-order valence-corrected chi connectivity index (χ4v) is 3.27. The Hall–Kier alpha value is -2.09. The van der Waals surface area contributed by atoms with Gasteiger partial charge in [0.2, 0.25) is 0 Å². The third-order valence-corrected chi connectivity index (χ3v) is 4.41. The predicted molar refractivity (Wildman–Crippen MR) is 78.8 cm³/mol. The second kappa shape index (κ2) is 5.12. The maximum absolute atomic E-state index is 10.9. The Kier molecular flexibility index (Phi) is 3.31. The summed E-state index contributed by atoms with van der Waals surface area (Å²) in [6, 6.07) is 20.8. The summed E-state index contributed by atoms with van der Waals surface area (Å²) >= 11 is 0. The topological polar surface area (TPSA) is 37.3 Å². The molecule has 102 valence electrons. The van der Waals surface area contributed by atoms with Crippen molar-refractivity contribution in [1.29, 1.82) is 0 Å². The van der Waals surface area contributed by atoms with Crippen molar-refractivity contribution in [3.8, 4) is 0 Å². The van der Waals surface area contributed by atoms with Crippen LogP contribution in [-0.2, 0) is 10.2 Å². The number of carboxylic acid groups (broad SMARTS) is 1. The van der Waals surface area contributed by atoms with Gasteiger partial charge in [-0.15, -0.1) is 0 Å². The molecular weight excluding hydrogens is 248 g/mol. The number of carbonyl (C=O) groups is 1. The van der Waals surface area contributed by atoms with Gasteiger partial charge < -0.3 is 5.11 Å².